The fraction of sp³-hybridized carbons (Fsp3) is 0.188. The van der Waals surface area contributed by atoms with Crippen LogP contribution >= 0.6 is 0 Å². The smallest absolute Gasteiger partial charge is 0.196 e. The number of phenols is 1. The van der Waals surface area contributed by atoms with Crippen molar-refractivity contribution in [3.05, 3.63) is 60.2 Å². The van der Waals surface area contributed by atoms with Crippen LogP contribution in [0.4, 0.5) is 5.69 Å². The van der Waals surface area contributed by atoms with Crippen LogP contribution in [0.15, 0.2) is 59.6 Å². The number of guanidine groups is 1. The average molecular weight is 267 g/mol. The monoisotopic (exact) mass is 267 g/mol. The summed E-state index contributed by atoms with van der Waals surface area (Å²) >= 11 is 0. The summed E-state index contributed by atoms with van der Waals surface area (Å²) < 4.78 is 0. The molecule has 1 unspecified atom stereocenters. The van der Waals surface area contributed by atoms with E-state index in [4.69, 9.17) is 5.73 Å². The molecule has 3 N–H and O–H groups in total. The minimum absolute atomic E-state index is 0.252. The molecule has 1 heterocycles. The number of nitrogens with two attached hydrogens (primary N) is 1. The van der Waals surface area contributed by atoms with Crippen LogP contribution in [0.2, 0.25) is 0 Å². The highest BCUT2D eigenvalue weighted by Gasteiger charge is 2.40. The van der Waals surface area contributed by atoms with Crippen molar-refractivity contribution in [2.45, 2.75) is 12.5 Å². The van der Waals surface area contributed by atoms with Gasteiger partial charge in [-0.15, -0.1) is 0 Å². The summed E-state index contributed by atoms with van der Waals surface area (Å²) in [7, 11) is 0. The van der Waals surface area contributed by atoms with Crippen molar-refractivity contribution in [3.63, 3.8) is 0 Å². The summed E-state index contributed by atoms with van der Waals surface area (Å²) in [6.07, 6.45) is 0. The van der Waals surface area contributed by atoms with E-state index in [1.807, 2.05) is 47.4 Å². The van der Waals surface area contributed by atoms with Crippen LogP contribution in [0, 0.1) is 0 Å². The van der Waals surface area contributed by atoms with E-state index in [-0.39, 0.29) is 11.3 Å². The number of aromatic hydroxyl groups is 1. The van der Waals surface area contributed by atoms with Crippen LogP contribution in [0.5, 0.6) is 5.75 Å². The van der Waals surface area contributed by atoms with Gasteiger partial charge in [-0.25, -0.2) is 0 Å². The van der Waals surface area contributed by atoms with Gasteiger partial charge in [0, 0.05) is 5.69 Å². The van der Waals surface area contributed by atoms with Gasteiger partial charge in [-0.1, -0.05) is 30.3 Å². The Bertz CT molecular complexity index is 654. The molecule has 0 radical (unpaired) electrons. The van der Waals surface area contributed by atoms with Crippen molar-refractivity contribution in [2.24, 2.45) is 10.7 Å². The zero-order valence-corrected chi connectivity index (χ0v) is 11.3. The Morgan fingerprint density at radius 1 is 1.15 bits per heavy atom. The molecule has 0 bridgehead atoms. The third-order valence-corrected chi connectivity index (χ3v) is 3.75. The standard InChI is InChI=1S/C16H17N3O/c1-16(12-6-5-9-14(20)10-12)11-18-15(17)19(16)13-7-3-2-4-8-13/h2-10,20H,11H2,1H3,(H2,17,18). The van der Waals surface area contributed by atoms with Gasteiger partial charge in [0.05, 0.1) is 12.1 Å². The molecule has 20 heavy (non-hydrogen) atoms. The summed E-state index contributed by atoms with van der Waals surface area (Å²) in [6.45, 7) is 2.65. The van der Waals surface area contributed by atoms with Gasteiger partial charge in [0.1, 0.15) is 5.75 Å². The van der Waals surface area contributed by atoms with Crippen LogP contribution in [-0.4, -0.2) is 17.6 Å². The van der Waals surface area contributed by atoms with Crippen molar-refractivity contribution < 1.29 is 5.11 Å². The molecule has 1 atom stereocenters. The minimum atomic E-state index is -0.385. The summed E-state index contributed by atoms with van der Waals surface area (Å²) in [6, 6.07) is 17.2. The number of aliphatic imine (C=N–C) groups is 1. The second-order valence-electron chi connectivity index (χ2n) is 5.17. The first kappa shape index (κ1) is 12.5. The molecular weight excluding hydrogens is 250 g/mol. The van der Waals surface area contributed by atoms with Gasteiger partial charge in [0.25, 0.3) is 0 Å². The maximum Gasteiger partial charge on any atom is 0.196 e. The Hall–Kier alpha value is -2.49. The number of rotatable bonds is 2. The first-order valence-electron chi connectivity index (χ1n) is 6.56. The fourth-order valence-corrected chi connectivity index (χ4v) is 2.68. The van der Waals surface area contributed by atoms with Gasteiger partial charge in [-0.3, -0.25) is 4.99 Å². The number of para-hydroxylation sites is 1. The van der Waals surface area contributed by atoms with E-state index >= 15 is 0 Å². The van der Waals surface area contributed by atoms with Gasteiger partial charge in [0.2, 0.25) is 0 Å². The van der Waals surface area contributed by atoms with Gasteiger partial charge in [-0.05, 0) is 36.8 Å². The SMILES string of the molecule is CC1(c2cccc(O)c2)CN=C(N)N1c1ccccc1. The molecule has 3 rings (SSSR count). The first-order chi connectivity index (χ1) is 9.61. The van der Waals surface area contributed by atoms with Gasteiger partial charge < -0.3 is 15.7 Å². The van der Waals surface area contributed by atoms with Gasteiger partial charge >= 0.3 is 0 Å². The topological polar surface area (TPSA) is 61.9 Å². The molecule has 0 aliphatic carbocycles. The Labute approximate surface area is 118 Å². The molecule has 0 saturated carbocycles. The van der Waals surface area contributed by atoms with E-state index in [2.05, 4.69) is 11.9 Å². The van der Waals surface area contributed by atoms with Gasteiger partial charge in [0.15, 0.2) is 5.96 Å². The van der Waals surface area contributed by atoms with Crippen molar-refractivity contribution in [1.82, 2.24) is 0 Å². The minimum Gasteiger partial charge on any atom is -0.508 e. The molecule has 102 valence electrons. The zero-order valence-electron chi connectivity index (χ0n) is 11.3. The molecular formula is C16H17N3O. The molecule has 1 aliphatic rings. The van der Waals surface area contributed by atoms with Crippen LogP contribution < -0.4 is 10.6 Å². The van der Waals surface area contributed by atoms with Crippen LogP contribution in [0.3, 0.4) is 0 Å². The second kappa shape index (κ2) is 4.56. The lowest BCUT2D eigenvalue weighted by atomic mass is 9.90. The van der Waals surface area contributed by atoms with Gasteiger partial charge in [-0.2, -0.15) is 0 Å². The Morgan fingerprint density at radius 3 is 2.60 bits per heavy atom. The molecule has 0 spiro atoms. The van der Waals surface area contributed by atoms with E-state index in [9.17, 15) is 5.11 Å². The van der Waals surface area contributed by atoms with Crippen molar-refractivity contribution in [1.29, 1.82) is 0 Å². The summed E-state index contributed by atoms with van der Waals surface area (Å²) in [5.74, 6) is 0.754. The van der Waals surface area contributed by atoms with Crippen molar-refractivity contribution in [3.8, 4) is 5.75 Å². The maximum absolute atomic E-state index is 9.72. The number of benzene rings is 2. The predicted molar refractivity (Wildman–Crippen MR) is 80.9 cm³/mol. The number of anilines is 1. The quantitative estimate of drug-likeness (QED) is 0.878. The highest BCUT2D eigenvalue weighted by molar-refractivity contribution is 5.98. The lowest BCUT2D eigenvalue weighted by Gasteiger charge is -2.36. The third-order valence-electron chi connectivity index (χ3n) is 3.75. The molecule has 0 amide bonds. The van der Waals surface area contributed by atoms with Crippen LogP contribution in [-0.2, 0) is 5.54 Å². The van der Waals surface area contributed by atoms with Crippen molar-refractivity contribution >= 4 is 11.6 Å². The first-order valence-corrected chi connectivity index (χ1v) is 6.56. The van der Waals surface area contributed by atoms with E-state index in [0.29, 0.717) is 12.5 Å². The lowest BCUT2D eigenvalue weighted by Crippen LogP contribution is -2.47. The fourth-order valence-electron chi connectivity index (χ4n) is 2.68. The molecule has 2 aromatic rings. The molecule has 0 aromatic heterocycles. The number of phenolic OH excluding ortho intramolecular Hbond substituents is 1. The normalized spacial score (nSPS) is 21.9. The number of hydrogen-bond donors (Lipinski definition) is 2. The highest BCUT2D eigenvalue weighted by Crippen LogP contribution is 2.37. The molecule has 2 aromatic carbocycles. The predicted octanol–water partition coefficient (Wildman–Crippen LogP) is 2.44. The summed E-state index contributed by atoms with van der Waals surface area (Å²) in [5, 5.41) is 9.72. The maximum atomic E-state index is 9.72. The van der Waals surface area contributed by atoms with Crippen molar-refractivity contribution in [2.75, 3.05) is 11.4 Å². The largest absolute Gasteiger partial charge is 0.508 e. The Morgan fingerprint density at radius 2 is 1.90 bits per heavy atom. The van der Waals surface area contributed by atoms with Crippen LogP contribution in [0.1, 0.15) is 12.5 Å². The summed E-state index contributed by atoms with van der Waals surface area (Å²) in [5.41, 5.74) is 7.68. The molecule has 0 fully saturated rings. The number of nitrogens with zero attached hydrogens (tertiary/aromatic N) is 2. The molecule has 0 saturated heterocycles. The third kappa shape index (κ3) is 1.90. The zero-order chi connectivity index (χ0) is 14.2. The average Bonchev–Trinajstić information content (AvgIpc) is 2.77. The van der Waals surface area contributed by atoms with E-state index in [1.165, 1.54) is 0 Å². The van der Waals surface area contributed by atoms with E-state index < -0.39 is 0 Å². The molecule has 4 heteroatoms. The lowest BCUT2D eigenvalue weighted by molar-refractivity contribution is 0.468. The molecule has 4 nitrogen and oxygen atoms in total. The van der Waals surface area contributed by atoms with E-state index in [1.54, 1.807) is 12.1 Å². The number of hydrogen-bond acceptors (Lipinski definition) is 4. The second-order valence-corrected chi connectivity index (χ2v) is 5.17. The molecule has 1 aliphatic heterocycles. The Balaban J connectivity index is 2.09. The van der Waals surface area contributed by atoms with Crippen LogP contribution in [0.25, 0.3) is 0 Å². The highest BCUT2D eigenvalue weighted by atomic mass is 16.3. The van der Waals surface area contributed by atoms with E-state index in [0.717, 1.165) is 11.3 Å². The Kier molecular flexibility index (Phi) is 2.86. The summed E-state index contributed by atoms with van der Waals surface area (Å²) in [4.78, 5) is 6.41.